The predicted octanol–water partition coefficient (Wildman–Crippen LogP) is 3.77. The number of carbonyl (C=O) groups is 1. The van der Waals surface area contributed by atoms with E-state index in [1.54, 1.807) is 12.1 Å². The van der Waals surface area contributed by atoms with Crippen molar-refractivity contribution in [1.82, 2.24) is 14.8 Å². The standard InChI is InChI=1S/C17H13F2N3OS/c18-13-3-1-12(2-4-13)17(23)16(22-11-20-10-21-22)9-24-15-7-5-14(19)6-8-15/h1-8,10-11,16H,9H2/t16-/m0/s1. The molecule has 0 aliphatic rings. The molecule has 3 aromatic rings. The minimum atomic E-state index is -0.590. The summed E-state index contributed by atoms with van der Waals surface area (Å²) >= 11 is 1.41. The third-order valence-corrected chi connectivity index (χ3v) is 4.50. The van der Waals surface area contributed by atoms with Crippen molar-refractivity contribution in [3.63, 3.8) is 0 Å². The molecule has 0 unspecified atom stereocenters. The number of carbonyl (C=O) groups excluding carboxylic acids is 1. The molecular weight excluding hydrogens is 332 g/mol. The van der Waals surface area contributed by atoms with Crippen LogP contribution in [-0.2, 0) is 0 Å². The van der Waals surface area contributed by atoms with Crippen LogP contribution in [-0.4, -0.2) is 26.3 Å². The minimum Gasteiger partial charge on any atom is -0.292 e. The van der Waals surface area contributed by atoms with E-state index in [9.17, 15) is 13.6 Å². The van der Waals surface area contributed by atoms with E-state index >= 15 is 0 Å². The number of hydrogen-bond acceptors (Lipinski definition) is 4. The number of ketones is 1. The maximum Gasteiger partial charge on any atom is 0.188 e. The van der Waals surface area contributed by atoms with Gasteiger partial charge in [-0.05, 0) is 48.5 Å². The number of benzene rings is 2. The number of halogens is 2. The van der Waals surface area contributed by atoms with Gasteiger partial charge in [-0.25, -0.2) is 18.4 Å². The summed E-state index contributed by atoms with van der Waals surface area (Å²) < 4.78 is 27.5. The molecule has 0 radical (unpaired) electrons. The number of rotatable bonds is 6. The van der Waals surface area contributed by atoms with Crippen molar-refractivity contribution in [1.29, 1.82) is 0 Å². The normalized spacial score (nSPS) is 12.1. The van der Waals surface area contributed by atoms with E-state index in [1.165, 1.54) is 65.5 Å². The predicted molar refractivity (Wildman–Crippen MR) is 86.9 cm³/mol. The van der Waals surface area contributed by atoms with Crippen molar-refractivity contribution >= 4 is 17.5 Å². The average Bonchev–Trinajstić information content (AvgIpc) is 3.11. The summed E-state index contributed by atoms with van der Waals surface area (Å²) in [6.07, 6.45) is 2.82. The van der Waals surface area contributed by atoms with Gasteiger partial charge in [0.2, 0.25) is 0 Å². The third-order valence-electron chi connectivity index (χ3n) is 3.41. The van der Waals surface area contributed by atoms with Crippen LogP contribution in [0.3, 0.4) is 0 Å². The Labute approximate surface area is 141 Å². The molecule has 3 rings (SSSR count). The lowest BCUT2D eigenvalue weighted by molar-refractivity contribution is 0.0930. The minimum absolute atomic E-state index is 0.185. The van der Waals surface area contributed by atoms with Gasteiger partial charge >= 0.3 is 0 Å². The molecule has 4 nitrogen and oxygen atoms in total. The molecule has 2 aromatic carbocycles. The monoisotopic (exact) mass is 345 g/mol. The molecule has 0 fully saturated rings. The topological polar surface area (TPSA) is 47.8 Å². The van der Waals surface area contributed by atoms with Crippen molar-refractivity contribution in [2.45, 2.75) is 10.9 Å². The first-order valence-corrected chi connectivity index (χ1v) is 8.14. The first-order valence-electron chi connectivity index (χ1n) is 7.16. The molecule has 0 bridgehead atoms. The maximum atomic E-state index is 13.1. The zero-order valence-electron chi connectivity index (χ0n) is 12.5. The average molecular weight is 345 g/mol. The molecule has 0 saturated carbocycles. The Bertz CT molecular complexity index is 805. The van der Waals surface area contributed by atoms with Crippen LogP contribution in [0, 0.1) is 11.6 Å². The number of Topliss-reactive ketones (excluding diaryl/α,β-unsaturated/α-hetero) is 1. The van der Waals surface area contributed by atoms with Crippen LogP contribution in [0.1, 0.15) is 16.4 Å². The van der Waals surface area contributed by atoms with Crippen molar-refractivity contribution in [3.05, 3.63) is 78.4 Å². The van der Waals surface area contributed by atoms with E-state index in [0.717, 1.165) is 4.90 Å². The van der Waals surface area contributed by atoms with Crippen LogP contribution in [0.4, 0.5) is 8.78 Å². The fourth-order valence-corrected chi connectivity index (χ4v) is 3.15. The van der Waals surface area contributed by atoms with Crippen molar-refractivity contribution in [3.8, 4) is 0 Å². The molecule has 0 N–H and O–H groups in total. The smallest absolute Gasteiger partial charge is 0.188 e. The van der Waals surface area contributed by atoms with E-state index in [1.807, 2.05) is 0 Å². The maximum absolute atomic E-state index is 13.1. The Morgan fingerprint density at radius 3 is 2.25 bits per heavy atom. The van der Waals surface area contributed by atoms with Crippen molar-refractivity contribution < 1.29 is 13.6 Å². The second-order valence-corrected chi connectivity index (χ2v) is 6.12. The van der Waals surface area contributed by atoms with E-state index in [2.05, 4.69) is 10.1 Å². The summed E-state index contributed by atoms with van der Waals surface area (Å²) in [5.41, 5.74) is 0.400. The number of thioether (sulfide) groups is 1. The molecule has 0 spiro atoms. The first kappa shape index (κ1) is 16.3. The quantitative estimate of drug-likeness (QED) is 0.504. The fraction of sp³-hybridized carbons (Fsp3) is 0.118. The fourth-order valence-electron chi connectivity index (χ4n) is 2.16. The van der Waals surface area contributed by atoms with E-state index < -0.39 is 11.9 Å². The Hall–Kier alpha value is -2.54. The van der Waals surface area contributed by atoms with Gasteiger partial charge in [-0.3, -0.25) is 4.79 Å². The molecule has 0 aliphatic carbocycles. The zero-order valence-corrected chi connectivity index (χ0v) is 13.3. The van der Waals surface area contributed by atoms with Crippen molar-refractivity contribution in [2.24, 2.45) is 0 Å². The lowest BCUT2D eigenvalue weighted by atomic mass is 10.1. The van der Waals surface area contributed by atoms with Gasteiger partial charge in [0.1, 0.15) is 30.3 Å². The Kier molecular flexibility index (Phi) is 5.00. The van der Waals surface area contributed by atoms with Gasteiger partial charge in [0.05, 0.1) is 0 Å². The van der Waals surface area contributed by atoms with Gasteiger partial charge < -0.3 is 0 Å². The highest BCUT2D eigenvalue weighted by Gasteiger charge is 2.23. The second kappa shape index (κ2) is 7.35. The summed E-state index contributed by atoms with van der Waals surface area (Å²) in [6, 6.07) is 10.9. The highest BCUT2D eigenvalue weighted by Crippen LogP contribution is 2.25. The SMILES string of the molecule is O=C(c1ccc(F)cc1)[C@H](CSc1ccc(F)cc1)n1cncn1. The molecule has 0 amide bonds. The first-order chi connectivity index (χ1) is 11.6. The summed E-state index contributed by atoms with van der Waals surface area (Å²) in [4.78, 5) is 17.5. The van der Waals surface area contributed by atoms with Gasteiger partial charge in [-0.15, -0.1) is 11.8 Å². The molecular formula is C17H13F2N3OS. The summed E-state index contributed by atoms with van der Waals surface area (Å²) in [5, 5.41) is 4.04. The molecule has 7 heteroatoms. The van der Waals surface area contributed by atoms with Gasteiger partial charge in [-0.2, -0.15) is 5.10 Å². The van der Waals surface area contributed by atoms with Gasteiger partial charge in [0.25, 0.3) is 0 Å². The summed E-state index contributed by atoms with van der Waals surface area (Å²) in [6.45, 7) is 0. The van der Waals surface area contributed by atoms with Crippen molar-refractivity contribution in [2.75, 3.05) is 5.75 Å². The zero-order chi connectivity index (χ0) is 16.9. The van der Waals surface area contributed by atoms with Crippen LogP contribution in [0.2, 0.25) is 0 Å². The van der Waals surface area contributed by atoms with E-state index in [0.29, 0.717) is 11.3 Å². The highest BCUT2D eigenvalue weighted by molar-refractivity contribution is 7.99. The highest BCUT2D eigenvalue weighted by atomic mass is 32.2. The third kappa shape index (κ3) is 3.86. The van der Waals surface area contributed by atoms with Crippen LogP contribution in [0.5, 0.6) is 0 Å². The largest absolute Gasteiger partial charge is 0.292 e. The Morgan fingerprint density at radius 1 is 1.04 bits per heavy atom. The number of aromatic nitrogens is 3. The second-order valence-electron chi connectivity index (χ2n) is 5.03. The Morgan fingerprint density at radius 2 is 1.67 bits per heavy atom. The van der Waals surface area contributed by atoms with Crippen LogP contribution < -0.4 is 0 Å². The van der Waals surface area contributed by atoms with Crippen LogP contribution >= 0.6 is 11.8 Å². The van der Waals surface area contributed by atoms with Gasteiger partial charge in [-0.1, -0.05) is 0 Å². The van der Waals surface area contributed by atoms with Gasteiger partial charge in [0.15, 0.2) is 5.78 Å². The lowest BCUT2D eigenvalue weighted by Crippen LogP contribution is -2.22. The number of hydrogen-bond donors (Lipinski definition) is 0. The number of nitrogens with zero attached hydrogens (tertiary/aromatic N) is 3. The van der Waals surface area contributed by atoms with Crippen LogP contribution in [0.25, 0.3) is 0 Å². The molecule has 1 atom stereocenters. The summed E-state index contributed by atoms with van der Waals surface area (Å²) in [5.74, 6) is -0.500. The van der Waals surface area contributed by atoms with E-state index in [-0.39, 0.29) is 11.6 Å². The molecule has 1 heterocycles. The van der Waals surface area contributed by atoms with E-state index in [4.69, 9.17) is 0 Å². The molecule has 24 heavy (non-hydrogen) atoms. The van der Waals surface area contributed by atoms with Gasteiger partial charge in [0, 0.05) is 16.2 Å². The summed E-state index contributed by atoms with van der Waals surface area (Å²) in [7, 11) is 0. The Balaban J connectivity index is 1.80. The molecule has 122 valence electrons. The lowest BCUT2D eigenvalue weighted by Gasteiger charge is -2.15. The molecule has 1 aromatic heterocycles. The molecule has 0 saturated heterocycles. The van der Waals surface area contributed by atoms with Crippen LogP contribution in [0.15, 0.2) is 66.1 Å². The molecule has 0 aliphatic heterocycles.